The minimum Gasteiger partial charge on any atom is -0.478 e. The molecule has 1 aromatic rings. The van der Waals surface area contributed by atoms with Crippen LogP contribution in [0.3, 0.4) is 0 Å². The molecule has 1 aliphatic rings. The van der Waals surface area contributed by atoms with Crippen molar-refractivity contribution in [1.82, 2.24) is 5.32 Å². The summed E-state index contributed by atoms with van der Waals surface area (Å²) in [6, 6.07) is 4.27. The number of halogens is 1. The van der Waals surface area contributed by atoms with Gasteiger partial charge in [0.2, 0.25) is 5.91 Å². The van der Waals surface area contributed by atoms with Crippen molar-refractivity contribution in [3.05, 3.63) is 28.8 Å². The average molecular weight is 269 g/mol. The Bertz CT molecular complexity index is 486. The number of nitrogens with one attached hydrogen (secondary N) is 2. The van der Waals surface area contributed by atoms with E-state index in [0.29, 0.717) is 18.0 Å². The molecule has 1 saturated heterocycles. The van der Waals surface area contributed by atoms with Crippen LogP contribution in [0.4, 0.5) is 5.69 Å². The smallest absolute Gasteiger partial charge is 0.335 e. The van der Waals surface area contributed by atoms with Crippen molar-refractivity contribution in [1.29, 1.82) is 0 Å². The third-order valence-corrected chi connectivity index (χ3v) is 2.99. The fourth-order valence-electron chi connectivity index (χ4n) is 1.75. The Balaban J connectivity index is 2.03. The van der Waals surface area contributed by atoms with E-state index in [1.54, 1.807) is 0 Å². The average Bonchev–Trinajstić information content (AvgIpc) is 2.22. The number of carboxylic acid groups (broad SMARTS) is 1. The van der Waals surface area contributed by atoms with E-state index >= 15 is 0 Å². The molecule has 96 valence electrons. The summed E-state index contributed by atoms with van der Waals surface area (Å²) in [5.74, 6) is -0.834. The van der Waals surface area contributed by atoms with Crippen molar-refractivity contribution in [3.63, 3.8) is 0 Å². The van der Waals surface area contributed by atoms with Crippen molar-refractivity contribution < 1.29 is 14.7 Å². The predicted octanol–water partition coefficient (Wildman–Crippen LogP) is 1.59. The van der Waals surface area contributed by atoms with Crippen LogP contribution in [-0.4, -0.2) is 30.1 Å². The molecule has 0 unspecified atom stereocenters. The van der Waals surface area contributed by atoms with Crippen molar-refractivity contribution in [2.45, 2.75) is 6.42 Å². The van der Waals surface area contributed by atoms with E-state index in [2.05, 4.69) is 10.6 Å². The van der Waals surface area contributed by atoms with Crippen LogP contribution in [0.25, 0.3) is 0 Å². The van der Waals surface area contributed by atoms with Gasteiger partial charge >= 0.3 is 5.97 Å². The van der Waals surface area contributed by atoms with Crippen LogP contribution in [0.5, 0.6) is 0 Å². The predicted molar refractivity (Wildman–Crippen MR) is 68.0 cm³/mol. The summed E-state index contributed by atoms with van der Waals surface area (Å²) in [5, 5.41) is 14.9. The topological polar surface area (TPSA) is 78.4 Å². The number of carbonyl (C=O) groups is 2. The second-order valence-electron chi connectivity index (χ2n) is 4.31. The molecule has 1 aromatic carbocycles. The van der Waals surface area contributed by atoms with Crippen LogP contribution in [0.1, 0.15) is 16.8 Å². The van der Waals surface area contributed by atoms with Crippen LogP contribution < -0.4 is 10.6 Å². The minimum atomic E-state index is -1.07. The third kappa shape index (κ3) is 3.21. The number of anilines is 1. The van der Waals surface area contributed by atoms with Gasteiger partial charge < -0.3 is 15.7 Å². The fourth-order valence-corrected chi connectivity index (χ4v) is 1.99. The van der Waals surface area contributed by atoms with E-state index in [0.717, 1.165) is 13.1 Å². The maximum Gasteiger partial charge on any atom is 0.335 e. The van der Waals surface area contributed by atoms with Crippen LogP contribution >= 0.6 is 11.6 Å². The highest BCUT2D eigenvalue weighted by atomic mass is 35.5. The van der Waals surface area contributed by atoms with Gasteiger partial charge in [-0.15, -0.1) is 0 Å². The number of carbonyl (C=O) groups excluding carboxylic acids is 1. The molecule has 1 amide bonds. The molecule has 1 aliphatic heterocycles. The van der Waals surface area contributed by atoms with Crippen molar-refractivity contribution in [2.75, 3.05) is 18.4 Å². The highest BCUT2D eigenvalue weighted by Crippen LogP contribution is 2.20. The summed E-state index contributed by atoms with van der Waals surface area (Å²) in [4.78, 5) is 22.5. The maximum absolute atomic E-state index is 11.7. The number of carboxylic acids is 1. The summed E-state index contributed by atoms with van der Waals surface area (Å²) < 4.78 is 0. The van der Waals surface area contributed by atoms with Gasteiger partial charge in [0.15, 0.2) is 0 Å². The van der Waals surface area contributed by atoms with E-state index in [1.165, 1.54) is 18.2 Å². The second kappa shape index (κ2) is 5.37. The Morgan fingerprint density at radius 1 is 1.39 bits per heavy atom. The van der Waals surface area contributed by atoms with E-state index in [4.69, 9.17) is 16.7 Å². The Hall–Kier alpha value is -1.59. The first-order chi connectivity index (χ1) is 8.54. The summed E-state index contributed by atoms with van der Waals surface area (Å²) in [7, 11) is 0. The molecule has 2 rings (SSSR count). The minimum absolute atomic E-state index is 0.0584. The highest BCUT2D eigenvalue weighted by molar-refractivity contribution is 6.31. The molecule has 0 spiro atoms. The monoisotopic (exact) mass is 268 g/mol. The van der Waals surface area contributed by atoms with Crippen molar-refractivity contribution >= 4 is 29.2 Å². The summed E-state index contributed by atoms with van der Waals surface area (Å²) >= 11 is 5.80. The quantitative estimate of drug-likeness (QED) is 0.775. The standard InChI is InChI=1S/C12H13ClN2O3/c13-9-2-8(12(17)18)3-10(4-9)15-11(16)1-7-5-14-6-7/h2-4,7,14H,1,5-6H2,(H,15,16)(H,17,18). The van der Waals surface area contributed by atoms with Gasteiger partial charge in [-0.1, -0.05) is 11.6 Å². The van der Waals surface area contributed by atoms with E-state index in [9.17, 15) is 9.59 Å². The van der Waals surface area contributed by atoms with Crippen LogP contribution in [0.2, 0.25) is 5.02 Å². The second-order valence-corrected chi connectivity index (χ2v) is 4.75. The fraction of sp³-hybridized carbons (Fsp3) is 0.333. The van der Waals surface area contributed by atoms with Gasteiger partial charge in [0.25, 0.3) is 0 Å². The first-order valence-corrected chi connectivity index (χ1v) is 5.97. The molecule has 0 bridgehead atoms. The lowest BCUT2D eigenvalue weighted by Crippen LogP contribution is -2.43. The Morgan fingerprint density at radius 2 is 2.11 bits per heavy atom. The lowest BCUT2D eigenvalue weighted by molar-refractivity contribution is -0.117. The lowest BCUT2D eigenvalue weighted by atomic mass is 9.99. The number of rotatable bonds is 4. The summed E-state index contributed by atoms with van der Waals surface area (Å²) in [5.41, 5.74) is 0.472. The van der Waals surface area contributed by atoms with Crippen LogP contribution in [0, 0.1) is 5.92 Å². The molecule has 1 heterocycles. The Morgan fingerprint density at radius 3 is 2.67 bits per heavy atom. The number of hydrogen-bond donors (Lipinski definition) is 3. The van der Waals surface area contributed by atoms with Gasteiger partial charge in [0.1, 0.15) is 0 Å². The molecule has 18 heavy (non-hydrogen) atoms. The number of amides is 1. The van der Waals surface area contributed by atoms with Gasteiger partial charge in [-0.05, 0) is 37.2 Å². The summed E-state index contributed by atoms with van der Waals surface area (Å²) in [6.07, 6.45) is 0.432. The zero-order valence-corrected chi connectivity index (χ0v) is 10.3. The highest BCUT2D eigenvalue weighted by Gasteiger charge is 2.20. The molecule has 0 radical (unpaired) electrons. The van der Waals surface area contributed by atoms with Crippen molar-refractivity contribution in [2.24, 2.45) is 5.92 Å². The molecule has 5 nitrogen and oxygen atoms in total. The zero-order valence-electron chi connectivity index (χ0n) is 9.57. The van der Waals surface area contributed by atoms with Crippen LogP contribution in [0.15, 0.2) is 18.2 Å². The Kier molecular flexibility index (Phi) is 3.84. The molecule has 6 heteroatoms. The molecule has 1 fully saturated rings. The first kappa shape index (κ1) is 12.9. The van der Waals surface area contributed by atoms with Gasteiger partial charge in [-0.3, -0.25) is 4.79 Å². The lowest BCUT2D eigenvalue weighted by Gasteiger charge is -2.26. The molecule has 0 saturated carbocycles. The van der Waals surface area contributed by atoms with Gasteiger partial charge in [0.05, 0.1) is 5.56 Å². The largest absolute Gasteiger partial charge is 0.478 e. The number of aromatic carboxylic acids is 1. The van der Waals surface area contributed by atoms with Gasteiger partial charge in [-0.2, -0.15) is 0 Å². The Labute approximate surface area is 109 Å². The van der Waals surface area contributed by atoms with Gasteiger partial charge in [-0.25, -0.2) is 4.79 Å². The molecule has 0 atom stereocenters. The van der Waals surface area contributed by atoms with Crippen LogP contribution in [-0.2, 0) is 4.79 Å². The third-order valence-electron chi connectivity index (χ3n) is 2.77. The molecular weight excluding hydrogens is 256 g/mol. The molecular formula is C12H13ClN2O3. The first-order valence-electron chi connectivity index (χ1n) is 5.59. The number of hydrogen-bond acceptors (Lipinski definition) is 3. The number of benzene rings is 1. The summed E-state index contributed by atoms with van der Waals surface area (Å²) in [6.45, 7) is 1.70. The van der Waals surface area contributed by atoms with Crippen molar-refractivity contribution in [3.8, 4) is 0 Å². The normalized spacial score (nSPS) is 14.9. The molecule has 3 N–H and O–H groups in total. The SMILES string of the molecule is O=C(CC1CNC1)Nc1cc(Cl)cc(C(=O)O)c1. The zero-order chi connectivity index (χ0) is 13.1. The van der Waals surface area contributed by atoms with E-state index in [-0.39, 0.29) is 16.5 Å². The maximum atomic E-state index is 11.7. The molecule has 0 aromatic heterocycles. The van der Waals surface area contributed by atoms with Gasteiger partial charge in [0, 0.05) is 17.1 Å². The van der Waals surface area contributed by atoms with E-state index in [1.807, 2.05) is 0 Å². The van der Waals surface area contributed by atoms with E-state index < -0.39 is 5.97 Å². The molecule has 0 aliphatic carbocycles.